The molecular weight excluding hydrogens is 260 g/mol. The summed E-state index contributed by atoms with van der Waals surface area (Å²) in [5.41, 5.74) is 2.73. The molecule has 1 aromatic rings. The summed E-state index contributed by atoms with van der Waals surface area (Å²) >= 11 is 0. The monoisotopic (exact) mass is 290 g/mol. The number of methoxy groups -OCH3 is 1. The summed E-state index contributed by atoms with van der Waals surface area (Å²) in [5.74, 6) is 0. The van der Waals surface area contributed by atoms with E-state index in [1.807, 2.05) is 0 Å². The van der Waals surface area contributed by atoms with Crippen molar-refractivity contribution >= 4 is 0 Å². The van der Waals surface area contributed by atoms with E-state index in [1.54, 1.807) is 7.11 Å². The van der Waals surface area contributed by atoms with E-state index in [0.29, 0.717) is 6.04 Å². The van der Waals surface area contributed by atoms with E-state index in [-0.39, 0.29) is 0 Å². The number of rotatable bonds is 10. The molecule has 0 spiro atoms. The number of aryl methyl sites for hydroxylation is 1. The molecule has 1 aliphatic carbocycles. The minimum absolute atomic E-state index is 0.419. The molecule has 0 bridgehead atoms. The molecule has 1 aromatic carbocycles. The highest BCUT2D eigenvalue weighted by Crippen LogP contribution is 2.28. The van der Waals surface area contributed by atoms with Crippen LogP contribution in [0, 0.1) is 6.92 Å². The number of hydrogen-bond donors (Lipinski definition) is 1. The Hall–Kier alpha value is -0.900. The van der Waals surface area contributed by atoms with Gasteiger partial charge in [-0.1, -0.05) is 36.8 Å². The van der Waals surface area contributed by atoms with Crippen LogP contribution >= 0.6 is 0 Å². The van der Waals surface area contributed by atoms with Crippen LogP contribution in [-0.2, 0) is 4.74 Å². The maximum atomic E-state index is 5.27. The van der Waals surface area contributed by atoms with E-state index in [4.69, 9.17) is 4.74 Å². The van der Waals surface area contributed by atoms with Gasteiger partial charge in [0, 0.05) is 32.3 Å². The second-order valence-corrected chi connectivity index (χ2v) is 6.14. The van der Waals surface area contributed by atoms with Gasteiger partial charge in [0.05, 0.1) is 6.61 Å². The zero-order valence-corrected chi connectivity index (χ0v) is 13.8. The van der Waals surface area contributed by atoms with Crippen LogP contribution in [0.3, 0.4) is 0 Å². The van der Waals surface area contributed by atoms with Crippen molar-refractivity contribution in [1.29, 1.82) is 0 Å². The van der Waals surface area contributed by atoms with Gasteiger partial charge in [0.25, 0.3) is 0 Å². The molecule has 118 valence electrons. The molecule has 0 radical (unpaired) electrons. The molecule has 3 heteroatoms. The Balaban J connectivity index is 2.01. The van der Waals surface area contributed by atoms with E-state index in [9.17, 15) is 0 Å². The molecule has 1 saturated carbocycles. The van der Waals surface area contributed by atoms with Gasteiger partial charge < -0.3 is 10.1 Å². The Labute approximate surface area is 129 Å². The van der Waals surface area contributed by atoms with E-state index in [0.717, 1.165) is 32.3 Å². The van der Waals surface area contributed by atoms with Crippen molar-refractivity contribution in [3.05, 3.63) is 35.4 Å². The van der Waals surface area contributed by atoms with Crippen molar-refractivity contribution < 1.29 is 4.74 Å². The van der Waals surface area contributed by atoms with Crippen LogP contribution in [0.1, 0.15) is 43.4 Å². The molecule has 21 heavy (non-hydrogen) atoms. The fourth-order valence-electron chi connectivity index (χ4n) is 2.71. The minimum atomic E-state index is 0.419. The van der Waals surface area contributed by atoms with E-state index in [1.165, 1.54) is 30.4 Å². The third kappa shape index (κ3) is 5.42. The van der Waals surface area contributed by atoms with Crippen LogP contribution in [0.5, 0.6) is 0 Å². The number of benzene rings is 1. The van der Waals surface area contributed by atoms with Crippen LogP contribution in [0.25, 0.3) is 0 Å². The SMILES string of the molecule is CCCNC(CN(CCOC)C1CC1)c1ccc(C)cc1. The molecule has 0 amide bonds. The maximum absolute atomic E-state index is 5.27. The predicted octanol–water partition coefficient (Wildman–Crippen LogP) is 3.15. The first kappa shape index (κ1) is 16.5. The number of nitrogens with one attached hydrogen (secondary N) is 1. The highest BCUT2D eigenvalue weighted by atomic mass is 16.5. The van der Waals surface area contributed by atoms with Gasteiger partial charge in [0.15, 0.2) is 0 Å². The molecule has 0 heterocycles. The summed E-state index contributed by atoms with van der Waals surface area (Å²) in [5, 5.41) is 3.71. The lowest BCUT2D eigenvalue weighted by molar-refractivity contribution is 0.136. The van der Waals surface area contributed by atoms with Gasteiger partial charge in [0.1, 0.15) is 0 Å². The van der Waals surface area contributed by atoms with Gasteiger partial charge >= 0.3 is 0 Å². The fourth-order valence-corrected chi connectivity index (χ4v) is 2.71. The Morgan fingerprint density at radius 3 is 2.57 bits per heavy atom. The molecule has 1 atom stereocenters. The lowest BCUT2D eigenvalue weighted by Crippen LogP contribution is -2.38. The Bertz CT molecular complexity index is 400. The smallest absolute Gasteiger partial charge is 0.0589 e. The van der Waals surface area contributed by atoms with Gasteiger partial charge in [0.2, 0.25) is 0 Å². The van der Waals surface area contributed by atoms with Crippen molar-refractivity contribution in [3.63, 3.8) is 0 Å². The second kappa shape index (κ2) is 8.52. The van der Waals surface area contributed by atoms with Gasteiger partial charge in [-0.25, -0.2) is 0 Å². The fraction of sp³-hybridized carbons (Fsp3) is 0.667. The van der Waals surface area contributed by atoms with Gasteiger partial charge in [-0.05, 0) is 38.3 Å². The average molecular weight is 290 g/mol. The van der Waals surface area contributed by atoms with E-state index in [2.05, 4.69) is 48.3 Å². The Morgan fingerprint density at radius 2 is 2.00 bits per heavy atom. The number of ether oxygens (including phenoxy) is 1. The number of nitrogens with zero attached hydrogens (tertiary/aromatic N) is 1. The molecule has 1 aliphatic rings. The van der Waals surface area contributed by atoms with Crippen molar-refractivity contribution in [2.24, 2.45) is 0 Å². The van der Waals surface area contributed by atoms with Crippen LogP contribution in [0.2, 0.25) is 0 Å². The number of hydrogen-bond acceptors (Lipinski definition) is 3. The third-order valence-electron chi connectivity index (χ3n) is 4.18. The zero-order chi connectivity index (χ0) is 15.1. The van der Waals surface area contributed by atoms with Crippen molar-refractivity contribution in [1.82, 2.24) is 10.2 Å². The Morgan fingerprint density at radius 1 is 1.29 bits per heavy atom. The van der Waals surface area contributed by atoms with Gasteiger partial charge in [-0.15, -0.1) is 0 Å². The quantitative estimate of drug-likeness (QED) is 0.716. The van der Waals surface area contributed by atoms with Crippen molar-refractivity contribution in [2.75, 3.05) is 33.4 Å². The first-order valence-corrected chi connectivity index (χ1v) is 8.27. The maximum Gasteiger partial charge on any atom is 0.0589 e. The van der Waals surface area contributed by atoms with Crippen LogP contribution in [-0.4, -0.2) is 44.3 Å². The molecule has 1 N–H and O–H groups in total. The Kier molecular flexibility index (Phi) is 6.68. The summed E-state index contributed by atoms with van der Waals surface area (Å²) in [7, 11) is 1.79. The van der Waals surface area contributed by atoms with Crippen molar-refractivity contribution in [3.8, 4) is 0 Å². The summed E-state index contributed by atoms with van der Waals surface area (Å²) in [4.78, 5) is 2.59. The normalized spacial score (nSPS) is 16.4. The molecule has 1 unspecified atom stereocenters. The minimum Gasteiger partial charge on any atom is -0.383 e. The van der Waals surface area contributed by atoms with E-state index < -0.39 is 0 Å². The lowest BCUT2D eigenvalue weighted by Gasteiger charge is -2.28. The van der Waals surface area contributed by atoms with Gasteiger partial charge in [-0.2, -0.15) is 0 Å². The van der Waals surface area contributed by atoms with Crippen LogP contribution in [0.15, 0.2) is 24.3 Å². The third-order valence-corrected chi connectivity index (χ3v) is 4.18. The molecular formula is C18H30N2O. The first-order chi connectivity index (χ1) is 10.2. The molecule has 0 saturated heterocycles. The molecule has 2 rings (SSSR count). The average Bonchev–Trinajstić information content (AvgIpc) is 3.32. The molecule has 0 aliphatic heterocycles. The summed E-state index contributed by atoms with van der Waals surface area (Å²) in [6.45, 7) is 8.39. The summed E-state index contributed by atoms with van der Waals surface area (Å²) in [6.07, 6.45) is 3.86. The predicted molar refractivity (Wildman–Crippen MR) is 88.7 cm³/mol. The largest absolute Gasteiger partial charge is 0.383 e. The van der Waals surface area contributed by atoms with Gasteiger partial charge in [-0.3, -0.25) is 4.90 Å². The van der Waals surface area contributed by atoms with Crippen LogP contribution in [0.4, 0.5) is 0 Å². The van der Waals surface area contributed by atoms with E-state index >= 15 is 0 Å². The molecule has 0 aromatic heterocycles. The van der Waals surface area contributed by atoms with Crippen molar-refractivity contribution in [2.45, 2.75) is 45.2 Å². The topological polar surface area (TPSA) is 24.5 Å². The summed E-state index contributed by atoms with van der Waals surface area (Å²) < 4.78 is 5.27. The molecule has 3 nitrogen and oxygen atoms in total. The highest BCUT2D eigenvalue weighted by Gasteiger charge is 2.30. The molecule has 1 fully saturated rings. The van der Waals surface area contributed by atoms with Crippen LogP contribution < -0.4 is 5.32 Å². The standard InChI is InChI=1S/C18H30N2O/c1-4-11-19-18(16-7-5-15(2)6-8-16)14-20(12-13-21-3)17-9-10-17/h5-8,17-19H,4,9-14H2,1-3H3. The summed E-state index contributed by atoms with van der Waals surface area (Å²) in [6, 6.07) is 10.2. The second-order valence-electron chi connectivity index (χ2n) is 6.14. The zero-order valence-electron chi connectivity index (χ0n) is 13.8. The first-order valence-electron chi connectivity index (χ1n) is 8.27. The lowest BCUT2D eigenvalue weighted by atomic mass is 10.0. The highest BCUT2D eigenvalue weighted by molar-refractivity contribution is 5.24.